The van der Waals surface area contributed by atoms with E-state index >= 15 is 0 Å². The Bertz CT molecular complexity index is 683. The smallest absolute Gasteiger partial charge is 0.127 e. The molecule has 2 aliphatic heterocycles. The highest BCUT2D eigenvalue weighted by Gasteiger charge is 2.43. The summed E-state index contributed by atoms with van der Waals surface area (Å²) in [7, 11) is 0. The molecule has 3 heterocycles. The molecular weight excluding hydrogens is 303 g/mol. The van der Waals surface area contributed by atoms with E-state index in [0.29, 0.717) is 12.5 Å². The van der Waals surface area contributed by atoms with Crippen molar-refractivity contribution in [2.24, 2.45) is 0 Å². The largest absolute Gasteiger partial charge is 0.374 e. The van der Waals surface area contributed by atoms with Crippen LogP contribution in [0.15, 0.2) is 48.8 Å². The van der Waals surface area contributed by atoms with Gasteiger partial charge in [-0.05, 0) is 37.0 Å². The Balaban J connectivity index is 1.36. The number of rotatable bonds is 3. The quantitative estimate of drug-likeness (QED) is 0.859. The van der Waals surface area contributed by atoms with Gasteiger partial charge in [-0.3, -0.25) is 9.88 Å². The molecular formula is C20H23FN2O. The molecule has 24 heavy (non-hydrogen) atoms. The van der Waals surface area contributed by atoms with Gasteiger partial charge < -0.3 is 4.74 Å². The van der Waals surface area contributed by atoms with Crippen molar-refractivity contribution < 1.29 is 9.13 Å². The molecule has 0 aliphatic carbocycles. The first kappa shape index (κ1) is 15.7. The molecule has 2 fully saturated rings. The molecule has 126 valence electrons. The van der Waals surface area contributed by atoms with Gasteiger partial charge in [-0.15, -0.1) is 0 Å². The molecule has 2 aromatic rings. The minimum Gasteiger partial charge on any atom is -0.374 e. The second-order valence-electron chi connectivity index (χ2n) is 7.05. The van der Waals surface area contributed by atoms with Gasteiger partial charge in [-0.25, -0.2) is 4.39 Å². The monoisotopic (exact) mass is 326 g/mol. The average Bonchev–Trinajstić information content (AvgIpc) is 3.04. The van der Waals surface area contributed by atoms with Gasteiger partial charge in [0.1, 0.15) is 5.82 Å². The molecule has 1 aromatic heterocycles. The van der Waals surface area contributed by atoms with Crippen LogP contribution in [0.1, 0.15) is 36.3 Å². The summed E-state index contributed by atoms with van der Waals surface area (Å²) in [5, 5.41) is 0. The van der Waals surface area contributed by atoms with E-state index in [9.17, 15) is 4.39 Å². The van der Waals surface area contributed by atoms with E-state index in [1.165, 1.54) is 5.56 Å². The summed E-state index contributed by atoms with van der Waals surface area (Å²) >= 11 is 0. The lowest BCUT2D eigenvalue weighted by Crippen LogP contribution is -2.43. The molecule has 0 bridgehead atoms. The molecule has 2 saturated heterocycles. The van der Waals surface area contributed by atoms with E-state index in [4.69, 9.17) is 4.74 Å². The first-order valence-corrected chi connectivity index (χ1v) is 8.74. The van der Waals surface area contributed by atoms with Crippen molar-refractivity contribution >= 4 is 0 Å². The fourth-order valence-electron chi connectivity index (χ4n) is 4.01. The SMILES string of the molecule is Fc1ccccc1CN1CCC2(CC1)CC(c1cccnc1)CO2. The Labute approximate surface area is 142 Å². The highest BCUT2D eigenvalue weighted by Crippen LogP contribution is 2.42. The Morgan fingerprint density at radius 2 is 2.00 bits per heavy atom. The molecule has 1 spiro atoms. The normalized spacial score (nSPS) is 23.6. The lowest BCUT2D eigenvalue weighted by atomic mass is 9.83. The summed E-state index contributed by atoms with van der Waals surface area (Å²) in [5.41, 5.74) is 2.07. The predicted octanol–water partition coefficient (Wildman–Crippen LogP) is 3.76. The van der Waals surface area contributed by atoms with Crippen LogP contribution in [0.25, 0.3) is 0 Å². The van der Waals surface area contributed by atoms with E-state index in [1.54, 1.807) is 12.1 Å². The standard InChI is InChI=1S/C20H23FN2O/c21-19-6-2-1-4-17(19)14-23-10-7-20(8-11-23)12-18(15-24-20)16-5-3-9-22-13-16/h1-6,9,13,18H,7-8,10-12,14-15H2. The summed E-state index contributed by atoms with van der Waals surface area (Å²) in [6.07, 6.45) is 6.90. The van der Waals surface area contributed by atoms with E-state index in [1.807, 2.05) is 30.6 Å². The molecule has 4 heteroatoms. The first-order valence-electron chi connectivity index (χ1n) is 8.74. The number of nitrogens with zero attached hydrogens (tertiary/aromatic N) is 2. The van der Waals surface area contributed by atoms with Crippen LogP contribution < -0.4 is 0 Å². The van der Waals surface area contributed by atoms with Gasteiger partial charge in [-0.1, -0.05) is 24.3 Å². The highest BCUT2D eigenvalue weighted by molar-refractivity contribution is 5.19. The summed E-state index contributed by atoms with van der Waals surface area (Å²) < 4.78 is 20.1. The van der Waals surface area contributed by atoms with E-state index in [0.717, 1.165) is 44.5 Å². The second-order valence-corrected chi connectivity index (χ2v) is 7.05. The van der Waals surface area contributed by atoms with Gasteiger partial charge in [-0.2, -0.15) is 0 Å². The first-order chi connectivity index (χ1) is 11.7. The summed E-state index contributed by atoms with van der Waals surface area (Å²) in [5.74, 6) is 0.350. The van der Waals surface area contributed by atoms with Crippen LogP contribution in [0.3, 0.4) is 0 Å². The number of hydrogen-bond donors (Lipinski definition) is 0. The zero-order chi connectivity index (χ0) is 16.4. The third kappa shape index (κ3) is 3.21. The van der Waals surface area contributed by atoms with Crippen molar-refractivity contribution in [2.75, 3.05) is 19.7 Å². The van der Waals surface area contributed by atoms with Crippen molar-refractivity contribution in [3.8, 4) is 0 Å². The lowest BCUT2D eigenvalue weighted by Gasteiger charge is -2.38. The van der Waals surface area contributed by atoms with E-state index in [-0.39, 0.29) is 11.4 Å². The second kappa shape index (κ2) is 6.61. The van der Waals surface area contributed by atoms with Crippen LogP contribution in [-0.2, 0) is 11.3 Å². The van der Waals surface area contributed by atoms with Crippen molar-refractivity contribution in [1.82, 2.24) is 9.88 Å². The van der Waals surface area contributed by atoms with Gasteiger partial charge in [0.25, 0.3) is 0 Å². The van der Waals surface area contributed by atoms with E-state index in [2.05, 4.69) is 16.0 Å². The lowest BCUT2D eigenvalue weighted by molar-refractivity contribution is -0.0449. The Hall–Kier alpha value is -1.78. The van der Waals surface area contributed by atoms with Gasteiger partial charge in [0, 0.05) is 43.5 Å². The molecule has 3 nitrogen and oxygen atoms in total. The fraction of sp³-hybridized carbons (Fsp3) is 0.450. The number of piperidine rings is 1. The highest BCUT2D eigenvalue weighted by atomic mass is 19.1. The Morgan fingerprint density at radius 3 is 2.75 bits per heavy atom. The minimum atomic E-state index is -0.105. The minimum absolute atomic E-state index is 0.00619. The number of halogens is 1. The van der Waals surface area contributed by atoms with Crippen LogP contribution >= 0.6 is 0 Å². The molecule has 1 unspecified atom stereocenters. The average molecular weight is 326 g/mol. The maximum Gasteiger partial charge on any atom is 0.127 e. The zero-order valence-corrected chi connectivity index (χ0v) is 13.8. The number of likely N-dealkylation sites (tertiary alicyclic amines) is 1. The summed E-state index contributed by atoms with van der Waals surface area (Å²) in [6.45, 7) is 3.41. The van der Waals surface area contributed by atoms with Crippen LogP contribution in [0.4, 0.5) is 4.39 Å². The Kier molecular flexibility index (Phi) is 4.33. The molecule has 1 aromatic carbocycles. The maximum absolute atomic E-state index is 13.8. The van der Waals surface area contributed by atoms with Gasteiger partial charge >= 0.3 is 0 Å². The number of pyridine rings is 1. The van der Waals surface area contributed by atoms with Crippen molar-refractivity contribution in [2.45, 2.75) is 37.3 Å². The predicted molar refractivity (Wildman–Crippen MR) is 91.2 cm³/mol. The number of benzene rings is 1. The molecule has 0 N–H and O–H groups in total. The van der Waals surface area contributed by atoms with Gasteiger partial charge in [0.05, 0.1) is 12.2 Å². The molecule has 4 rings (SSSR count). The molecule has 2 aliphatic rings. The van der Waals surface area contributed by atoms with Crippen molar-refractivity contribution in [3.05, 3.63) is 65.7 Å². The number of hydrogen-bond acceptors (Lipinski definition) is 3. The fourth-order valence-corrected chi connectivity index (χ4v) is 4.01. The van der Waals surface area contributed by atoms with Gasteiger partial charge in [0.2, 0.25) is 0 Å². The topological polar surface area (TPSA) is 25.4 Å². The van der Waals surface area contributed by atoms with Crippen LogP contribution in [0.2, 0.25) is 0 Å². The summed E-state index contributed by atoms with van der Waals surface area (Å²) in [6, 6.07) is 11.2. The van der Waals surface area contributed by atoms with E-state index < -0.39 is 0 Å². The van der Waals surface area contributed by atoms with Crippen LogP contribution in [-0.4, -0.2) is 35.2 Å². The molecule has 0 radical (unpaired) electrons. The van der Waals surface area contributed by atoms with Crippen molar-refractivity contribution in [3.63, 3.8) is 0 Å². The van der Waals surface area contributed by atoms with Crippen LogP contribution in [0, 0.1) is 5.82 Å². The third-order valence-corrected chi connectivity index (χ3v) is 5.48. The number of aromatic nitrogens is 1. The van der Waals surface area contributed by atoms with Gasteiger partial charge in [0.15, 0.2) is 0 Å². The summed E-state index contributed by atoms with van der Waals surface area (Å²) in [4.78, 5) is 6.57. The molecule has 0 amide bonds. The van der Waals surface area contributed by atoms with Crippen LogP contribution in [0.5, 0.6) is 0 Å². The Morgan fingerprint density at radius 1 is 1.17 bits per heavy atom. The molecule has 1 atom stereocenters. The zero-order valence-electron chi connectivity index (χ0n) is 13.8. The maximum atomic E-state index is 13.8. The molecule has 0 saturated carbocycles. The third-order valence-electron chi connectivity index (χ3n) is 5.48. The van der Waals surface area contributed by atoms with Crippen molar-refractivity contribution in [1.29, 1.82) is 0 Å². The number of ether oxygens (including phenoxy) is 1.